The lowest BCUT2D eigenvalue weighted by Crippen LogP contribution is -2.30. The second-order valence-electron chi connectivity index (χ2n) is 17.6. The lowest BCUT2D eigenvalue weighted by molar-refractivity contribution is -0.166. The molecule has 1 atom stereocenters. The number of allylic oxidation sites excluding steroid dienone is 20. The third-order valence-corrected chi connectivity index (χ3v) is 11.1. The number of carbonyl (C=O) groups is 3. The van der Waals surface area contributed by atoms with Gasteiger partial charge in [0.15, 0.2) is 6.10 Å². The molecule has 0 N–H and O–H groups in total. The molecule has 378 valence electrons. The van der Waals surface area contributed by atoms with Crippen LogP contribution in [0.2, 0.25) is 0 Å². The number of ether oxygens (including phenoxy) is 3. The van der Waals surface area contributed by atoms with Crippen molar-refractivity contribution < 1.29 is 28.6 Å². The van der Waals surface area contributed by atoms with E-state index in [-0.39, 0.29) is 44.0 Å². The van der Waals surface area contributed by atoms with Gasteiger partial charge >= 0.3 is 17.9 Å². The fourth-order valence-corrected chi connectivity index (χ4v) is 6.99. The summed E-state index contributed by atoms with van der Waals surface area (Å²) in [5, 5.41) is 0. The zero-order valence-electron chi connectivity index (χ0n) is 43.1. The molecule has 0 aromatic rings. The van der Waals surface area contributed by atoms with Crippen molar-refractivity contribution in [3.63, 3.8) is 0 Å². The smallest absolute Gasteiger partial charge is 0.306 e. The zero-order chi connectivity index (χ0) is 48.6. The van der Waals surface area contributed by atoms with Crippen LogP contribution in [0.4, 0.5) is 0 Å². The van der Waals surface area contributed by atoms with Crippen LogP contribution in [0, 0.1) is 0 Å². The maximum absolute atomic E-state index is 12.8. The van der Waals surface area contributed by atoms with E-state index in [0.717, 1.165) is 103 Å². The molecule has 0 rings (SSSR count). The molecule has 6 heteroatoms. The van der Waals surface area contributed by atoms with Crippen LogP contribution in [0.25, 0.3) is 0 Å². The minimum absolute atomic E-state index is 0.121. The monoisotopic (exact) mass is 927 g/mol. The Morgan fingerprint density at radius 3 is 1.07 bits per heavy atom. The van der Waals surface area contributed by atoms with E-state index in [1.807, 2.05) is 6.08 Å². The molecule has 6 nitrogen and oxygen atoms in total. The summed E-state index contributed by atoms with van der Waals surface area (Å²) in [5.74, 6) is -1.04. The highest BCUT2D eigenvalue weighted by molar-refractivity contribution is 5.71. The Kier molecular flexibility index (Phi) is 51.0. The van der Waals surface area contributed by atoms with Crippen LogP contribution < -0.4 is 0 Å². The highest BCUT2D eigenvalue weighted by Gasteiger charge is 2.19. The fourth-order valence-electron chi connectivity index (χ4n) is 6.99. The SMILES string of the molecule is CCCCC/C=C/C=C/C=C/C=C/CCCCCCCC(=O)OCC(COC(=O)CC/C=C/C/C=C/CCCCCCCC)OC(=O)CCCCCCC/C=C/C=C/C=C/C=C/CCCCC. The topological polar surface area (TPSA) is 78.9 Å². The van der Waals surface area contributed by atoms with Gasteiger partial charge in [-0.1, -0.05) is 239 Å². The zero-order valence-corrected chi connectivity index (χ0v) is 43.1. The van der Waals surface area contributed by atoms with Gasteiger partial charge in [-0.2, -0.15) is 0 Å². The van der Waals surface area contributed by atoms with Crippen LogP contribution in [-0.4, -0.2) is 37.2 Å². The van der Waals surface area contributed by atoms with Crippen molar-refractivity contribution in [1.82, 2.24) is 0 Å². The molecule has 0 aliphatic heterocycles. The van der Waals surface area contributed by atoms with Gasteiger partial charge in [0.25, 0.3) is 0 Å². The molecule has 0 aromatic carbocycles. The number of carbonyl (C=O) groups excluding carboxylic acids is 3. The standard InChI is InChI=1S/C61H98O6/c1-4-7-10-13-16-19-22-25-27-29-31-33-36-39-42-45-48-51-54-60(63)66-57-58(56-65-59(62)53-50-47-44-41-38-35-24-21-18-15-12-9-6-3)67-61(64)55-52-49-46-43-40-37-34-32-30-28-26-23-20-17-14-11-8-5-2/h16-17,19-20,22-23,25-35,38,44,47,58H,4-15,18,21,24,36-37,39-43,45-46,48-57H2,1-3H3/b19-16+,20-17+,25-22+,26-23+,29-27+,30-28+,33-31+,34-32+,38-35+,47-44+. The van der Waals surface area contributed by atoms with E-state index in [1.54, 1.807) is 0 Å². The van der Waals surface area contributed by atoms with Crippen LogP contribution in [0.5, 0.6) is 0 Å². The molecule has 0 fully saturated rings. The normalized spacial score (nSPS) is 13.1. The van der Waals surface area contributed by atoms with E-state index >= 15 is 0 Å². The molecular weight excluding hydrogens is 829 g/mol. The van der Waals surface area contributed by atoms with E-state index in [2.05, 4.69) is 136 Å². The molecule has 0 aliphatic rings. The molecule has 67 heavy (non-hydrogen) atoms. The van der Waals surface area contributed by atoms with Gasteiger partial charge in [-0.3, -0.25) is 14.4 Å². The average Bonchev–Trinajstić information content (AvgIpc) is 3.33. The minimum atomic E-state index is -0.827. The van der Waals surface area contributed by atoms with Crippen molar-refractivity contribution in [3.8, 4) is 0 Å². The number of rotatable bonds is 47. The number of hydrogen-bond donors (Lipinski definition) is 0. The Morgan fingerprint density at radius 2 is 0.627 bits per heavy atom. The quantitative estimate of drug-likeness (QED) is 0.0199. The van der Waals surface area contributed by atoms with Crippen molar-refractivity contribution in [1.29, 1.82) is 0 Å². The molecule has 0 radical (unpaired) electrons. The molecule has 0 bridgehead atoms. The first-order valence-corrected chi connectivity index (χ1v) is 27.1. The minimum Gasteiger partial charge on any atom is -0.462 e. The molecule has 0 aliphatic carbocycles. The summed E-state index contributed by atoms with van der Waals surface area (Å²) < 4.78 is 16.7. The largest absolute Gasteiger partial charge is 0.462 e. The lowest BCUT2D eigenvalue weighted by Gasteiger charge is -2.18. The first kappa shape index (κ1) is 62.8. The highest BCUT2D eigenvalue weighted by Crippen LogP contribution is 2.12. The summed E-state index contributed by atoms with van der Waals surface area (Å²) in [6, 6.07) is 0. The average molecular weight is 927 g/mol. The molecule has 0 aromatic heterocycles. The van der Waals surface area contributed by atoms with E-state index in [1.165, 1.54) is 77.0 Å². The number of esters is 3. The van der Waals surface area contributed by atoms with Gasteiger partial charge in [-0.05, 0) is 89.9 Å². The maximum Gasteiger partial charge on any atom is 0.306 e. The van der Waals surface area contributed by atoms with Gasteiger partial charge in [0.05, 0.1) is 0 Å². The summed E-state index contributed by atoms with van der Waals surface area (Å²) >= 11 is 0. The predicted molar refractivity (Wildman–Crippen MR) is 288 cm³/mol. The molecule has 0 saturated heterocycles. The first-order valence-electron chi connectivity index (χ1n) is 27.1. The van der Waals surface area contributed by atoms with Crippen molar-refractivity contribution in [2.75, 3.05) is 13.2 Å². The summed E-state index contributed by atoms with van der Waals surface area (Å²) in [4.78, 5) is 38.0. The van der Waals surface area contributed by atoms with Crippen LogP contribution in [-0.2, 0) is 28.6 Å². The summed E-state index contributed by atoms with van der Waals surface area (Å²) in [6.45, 7) is 6.45. The highest BCUT2D eigenvalue weighted by atomic mass is 16.6. The molecule has 1 unspecified atom stereocenters. The fraction of sp³-hybridized carbons (Fsp3) is 0.623. The molecular formula is C61H98O6. The van der Waals surface area contributed by atoms with Crippen LogP contribution in [0.3, 0.4) is 0 Å². The van der Waals surface area contributed by atoms with Crippen LogP contribution in [0.1, 0.15) is 226 Å². The van der Waals surface area contributed by atoms with E-state index in [0.29, 0.717) is 12.8 Å². The lowest BCUT2D eigenvalue weighted by atomic mass is 10.1. The van der Waals surface area contributed by atoms with E-state index in [9.17, 15) is 14.4 Å². The van der Waals surface area contributed by atoms with E-state index < -0.39 is 6.10 Å². The second-order valence-corrected chi connectivity index (χ2v) is 17.6. The van der Waals surface area contributed by atoms with Crippen molar-refractivity contribution >= 4 is 17.9 Å². The Morgan fingerprint density at radius 1 is 0.313 bits per heavy atom. The van der Waals surface area contributed by atoms with Crippen LogP contribution in [0.15, 0.2) is 122 Å². The Labute approximate surface area is 412 Å². The third kappa shape index (κ3) is 52.6. The Hall–Kier alpha value is -4.19. The van der Waals surface area contributed by atoms with Gasteiger partial charge in [0.1, 0.15) is 13.2 Å². The van der Waals surface area contributed by atoms with Crippen molar-refractivity contribution in [2.24, 2.45) is 0 Å². The molecule has 0 saturated carbocycles. The second kappa shape index (κ2) is 54.4. The first-order chi connectivity index (χ1) is 33.0. The van der Waals surface area contributed by atoms with Crippen molar-refractivity contribution in [3.05, 3.63) is 122 Å². The summed E-state index contributed by atoms with van der Waals surface area (Å²) in [6.07, 6.45) is 74.7. The number of unbranched alkanes of at least 4 members (excludes halogenated alkanes) is 22. The molecule has 0 heterocycles. The molecule has 0 spiro atoms. The number of hydrogen-bond acceptors (Lipinski definition) is 6. The third-order valence-electron chi connectivity index (χ3n) is 11.1. The van der Waals surface area contributed by atoms with Crippen molar-refractivity contribution in [2.45, 2.75) is 232 Å². The van der Waals surface area contributed by atoms with Gasteiger partial charge in [-0.25, -0.2) is 0 Å². The van der Waals surface area contributed by atoms with Crippen LogP contribution >= 0.6 is 0 Å². The summed E-state index contributed by atoms with van der Waals surface area (Å²) in [5.41, 5.74) is 0. The Balaban J connectivity index is 4.57. The van der Waals surface area contributed by atoms with Gasteiger partial charge < -0.3 is 14.2 Å². The van der Waals surface area contributed by atoms with Gasteiger partial charge in [-0.15, -0.1) is 0 Å². The Bertz CT molecular complexity index is 1440. The maximum atomic E-state index is 12.8. The van der Waals surface area contributed by atoms with E-state index in [4.69, 9.17) is 14.2 Å². The molecule has 0 amide bonds. The van der Waals surface area contributed by atoms with Gasteiger partial charge in [0.2, 0.25) is 0 Å². The predicted octanol–water partition coefficient (Wildman–Crippen LogP) is 18.1. The summed E-state index contributed by atoms with van der Waals surface area (Å²) in [7, 11) is 0. The van der Waals surface area contributed by atoms with Gasteiger partial charge in [0, 0.05) is 19.3 Å².